The summed E-state index contributed by atoms with van der Waals surface area (Å²) >= 11 is 0. The van der Waals surface area contributed by atoms with E-state index in [1.165, 1.54) is 23.7 Å². The molecule has 5 rings (SSSR count). The molecule has 0 saturated carbocycles. The summed E-state index contributed by atoms with van der Waals surface area (Å²) in [5.41, 5.74) is 4.49. The van der Waals surface area contributed by atoms with Crippen molar-refractivity contribution in [2.45, 2.75) is 33.4 Å². The van der Waals surface area contributed by atoms with Crippen molar-refractivity contribution in [3.63, 3.8) is 0 Å². The molecule has 10 nitrogen and oxygen atoms in total. The number of carbonyl (C=O) groups excluding carboxylic acids is 4. The molecule has 1 aliphatic heterocycles. The fourth-order valence-electron chi connectivity index (χ4n) is 4.41. The van der Waals surface area contributed by atoms with Crippen LogP contribution in [0, 0.1) is 6.92 Å². The lowest BCUT2D eigenvalue weighted by molar-refractivity contribution is -0.121. The van der Waals surface area contributed by atoms with Crippen molar-refractivity contribution < 1.29 is 23.9 Å². The van der Waals surface area contributed by atoms with E-state index in [2.05, 4.69) is 20.7 Å². The van der Waals surface area contributed by atoms with E-state index in [-0.39, 0.29) is 42.7 Å². The number of hydrogen-bond acceptors (Lipinski definition) is 7. The first-order valence-corrected chi connectivity index (χ1v) is 12.1. The molecule has 2 N–H and O–H groups in total. The van der Waals surface area contributed by atoms with Gasteiger partial charge in [-0.05, 0) is 42.7 Å². The molecule has 2 amide bonds. The zero-order chi connectivity index (χ0) is 26.8. The molecule has 1 aliphatic rings. The second-order valence-electron chi connectivity index (χ2n) is 9.14. The van der Waals surface area contributed by atoms with Crippen LogP contribution in [0.25, 0.3) is 5.65 Å². The molecule has 192 valence electrons. The second kappa shape index (κ2) is 10.3. The lowest BCUT2D eigenvalue weighted by Crippen LogP contribution is -2.28. The predicted molar refractivity (Wildman–Crippen MR) is 137 cm³/mol. The highest BCUT2D eigenvalue weighted by atomic mass is 16.5. The maximum Gasteiger partial charge on any atom is 0.270 e. The number of benzene rings is 2. The van der Waals surface area contributed by atoms with Crippen LogP contribution in [0.5, 0.6) is 5.75 Å². The molecule has 38 heavy (non-hydrogen) atoms. The summed E-state index contributed by atoms with van der Waals surface area (Å²) in [6.45, 7) is 3.88. The number of nitrogens with zero attached hydrogens (tertiary/aromatic N) is 3. The Bertz CT molecular complexity index is 1610. The van der Waals surface area contributed by atoms with Crippen LogP contribution >= 0.6 is 0 Å². The van der Waals surface area contributed by atoms with Crippen LogP contribution in [-0.4, -0.2) is 44.6 Å². The number of aryl methyl sites for hydroxylation is 1. The second-order valence-corrected chi connectivity index (χ2v) is 9.14. The van der Waals surface area contributed by atoms with E-state index < -0.39 is 11.8 Å². The Kier molecular flexibility index (Phi) is 6.69. The van der Waals surface area contributed by atoms with Crippen LogP contribution in [0.3, 0.4) is 0 Å². The topological polar surface area (TPSA) is 132 Å². The molecule has 0 spiro atoms. The van der Waals surface area contributed by atoms with Crippen LogP contribution < -0.4 is 15.4 Å². The zero-order valence-electron chi connectivity index (χ0n) is 20.9. The van der Waals surface area contributed by atoms with Crippen molar-refractivity contribution in [1.82, 2.24) is 25.2 Å². The summed E-state index contributed by atoms with van der Waals surface area (Å²) in [6.07, 6.45) is 1.80. The maximum absolute atomic E-state index is 13.1. The SMILES string of the molecule is CC(=O)c1ccc(CNC(=O)c2cc(C(=O)NCc3ccc4c(c3)CC(=O)CO4)nc3ccnn23)cc1C. The number of rotatable bonds is 7. The van der Waals surface area contributed by atoms with E-state index in [1.807, 2.05) is 25.1 Å². The molecule has 0 radical (unpaired) electrons. The molecule has 2 aromatic heterocycles. The van der Waals surface area contributed by atoms with Crippen LogP contribution in [0.4, 0.5) is 0 Å². The predicted octanol–water partition coefficient (Wildman–Crippen LogP) is 2.60. The minimum atomic E-state index is -0.455. The molecular weight excluding hydrogens is 486 g/mol. The van der Waals surface area contributed by atoms with E-state index in [1.54, 1.807) is 24.3 Å². The van der Waals surface area contributed by atoms with Gasteiger partial charge in [0.05, 0.1) is 6.20 Å². The number of aromatic nitrogens is 3. The summed E-state index contributed by atoms with van der Waals surface area (Å²) < 4.78 is 6.79. The molecule has 0 aliphatic carbocycles. The van der Waals surface area contributed by atoms with Crippen LogP contribution in [0.2, 0.25) is 0 Å². The number of amides is 2. The maximum atomic E-state index is 13.1. The van der Waals surface area contributed by atoms with Gasteiger partial charge in [-0.1, -0.05) is 24.3 Å². The van der Waals surface area contributed by atoms with Gasteiger partial charge in [0.25, 0.3) is 11.8 Å². The van der Waals surface area contributed by atoms with Gasteiger partial charge in [-0.15, -0.1) is 0 Å². The molecule has 0 fully saturated rings. The van der Waals surface area contributed by atoms with Crippen molar-refractivity contribution in [2.24, 2.45) is 0 Å². The summed E-state index contributed by atoms with van der Waals surface area (Å²) in [5.74, 6) is -0.220. The minimum Gasteiger partial charge on any atom is -0.486 e. The van der Waals surface area contributed by atoms with Gasteiger partial charge >= 0.3 is 0 Å². The van der Waals surface area contributed by atoms with Gasteiger partial charge < -0.3 is 15.4 Å². The summed E-state index contributed by atoms with van der Waals surface area (Å²) in [4.78, 5) is 53.7. The van der Waals surface area contributed by atoms with Crippen molar-refractivity contribution in [1.29, 1.82) is 0 Å². The molecule has 4 aromatic rings. The summed E-state index contributed by atoms with van der Waals surface area (Å²) in [6, 6.07) is 13.9. The van der Waals surface area contributed by atoms with Crippen molar-refractivity contribution >= 4 is 29.0 Å². The largest absolute Gasteiger partial charge is 0.486 e. The van der Waals surface area contributed by atoms with E-state index in [0.717, 1.165) is 22.3 Å². The average molecular weight is 512 g/mol. The normalized spacial score (nSPS) is 12.5. The molecule has 0 bridgehead atoms. The third kappa shape index (κ3) is 5.15. The fraction of sp³-hybridized carbons (Fsp3) is 0.214. The molecule has 2 aromatic carbocycles. The molecule has 0 saturated heterocycles. The number of ketones is 2. The average Bonchev–Trinajstić information content (AvgIpc) is 3.38. The third-order valence-electron chi connectivity index (χ3n) is 6.30. The summed E-state index contributed by atoms with van der Waals surface area (Å²) in [5, 5.41) is 9.83. The first-order valence-electron chi connectivity index (χ1n) is 12.1. The Balaban J connectivity index is 1.30. The lowest BCUT2D eigenvalue weighted by Gasteiger charge is -2.17. The van der Waals surface area contributed by atoms with Gasteiger partial charge in [-0.2, -0.15) is 5.10 Å². The Morgan fingerprint density at radius 2 is 1.71 bits per heavy atom. The van der Waals surface area contributed by atoms with E-state index in [0.29, 0.717) is 23.4 Å². The first kappa shape index (κ1) is 24.8. The quantitative estimate of drug-likeness (QED) is 0.365. The Labute approximate surface area is 218 Å². The molecular formula is C28H25N5O5. The third-order valence-corrected chi connectivity index (χ3v) is 6.30. The van der Waals surface area contributed by atoms with E-state index in [9.17, 15) is 19.2 Å². The van der Waals surface area contributed by atoms with Gasteiger partial charge in [-0.3, -0.25) is 19.2 Å². The number of fused-ring (bicyclic) bond motifs is 2. The van der Waals surface area contributed by atoms with Crippen LogP contribution in [0.15, 0.2) is 54.7 Å². The molecule has 0 atom stereocenters. The van der Waals surface area contributed by atoms with Crippen molar-refractivity contribution in [3.8, 4) is 5.75 Å². The number of Topliss-reactive ketones (excluding diaryl/α,β-unsaturated/α-hetero) is 2. The minimum absolute atomic E-state index is 0.00557. The Morgan fingerprint density at radius 3 is 2.47 bits per heavy atom. The fourth-order valence-corrected chi connectivity index (χ4v) is 4.41. The van der Waals surface area contributed by atoms with Gasteiger partial charge in [-0.25, -0.2) is 9.50 Å². The van der Waals surface area contributed by atoms with Crippen LogP contribution in [-0.2, 0) is 24.3 Å². The Hall–Kier alpha value is -4.86. The number of carbonyl (C=O) groups is 4. The monoisotopic (exact) mass is 511 g/mol. The van der Waals surface area contributed by atoms with Gasteiger partial charge in [0.15, 0.2) is 17.2 Å². The Morgan fingerprint density at radius 1 is 0.974 bits per heavy atom. The highest BCUT2D eigenvalue weighted by Gasteiger charge is 2.19. The number of hydrogen-bond donors (Lipinski definition) is 2. The zero-order valence-corrected chi connectivity index (χ0v) is 20.9. The van der Waals surface area contributed by atoms with Gasteiger partial charge in [0.2, 0.25) is 0 Å². The van der Waals surface area contributed by atoms with E-state index in [4.69, 9.17) is 4.74 Å². The highest BCUT2D eigenvalue weighted by molar-refractivity contribution is 5.98. The molecule has 0 unspecified atom stereocenters. The number of nitrogens with one attached hydrogen (secondary N) is 2. The van der Waals surface area contributed by atoms with Crippen molar-refractivity contribution in [3.05, 3.63) is 93.9 Å². The van der Waals surface area contributed by atoms with Crippen LogP contribution in [0.1, 0.15) is 60.5 Å². The first-order chi connectivity index (χ1) is 18.3. The summed E-state index contributed by atoms with van der Waals surface area (Å²) in [7, 11) is 0. The lowest BCUT2D eigenvalue weighted by atomic mass is 10.0. The standard InChI is InChI=1S/C28H25N5O5/c1-16-9-18(3-5-22(16)17(2)34)13-30-28(37)24-12-23(32-26-7-8-31-33(24)26)27(36)29-14-19-4-6-25-20(10-19)11-21(35)15-38-25/h3-10,12H,11,13-15H2,1-2H3,(H,29,36)(H,30,37). The highest BCUT2D eigenvalue weighted by Crippen LogP contribution is 2.24. The smallest absolute Gasteiger partial charge is 0.270 e. The van der Waals surface area contributed by atoms with E-state index >= 15 is 0 Å². The number of ether oxygens (including phenoxy) is 1. The molecule has 3 heterocycles. The van der Waals surface area contributed by atoms with Gasteiger partial charge in [0, 0.05) is 42.8 Å². The van der Waals surface area contributed by atoms with Gasteiger partial charge in [0.1, 0.15) is 23.7 Å². The molecule has 10 heteroatoms. The van der Waals surface area contributed by atoms with Crippen molar-refractivity contribution in [2.75, 3.05) is 6.61 Å².